The van der Waals surface area contributed by atoms with E-state index in [1.807, 2.05) is 36.4 Å². The molecule has 0 unspecified atom stereocenters. The van der Waals surface area contributed by atoms with Gasteiger partial charge < -0.3 is 25.1 Å². The largest absolute Gasteiger partial charge is 0.508 e. The summed E-state index contributed by atoms with van der Waals surface area (Å²) in [6.07, 6.45) is 10.4. The van der Waals surface area contributed by atoms with Crippen molar-refractivity contribution in [2.24, 2.45) is 0 Å². The number of nitrogens with zero attached hydrogens (tertiary/aromatic N) is 2. The molecule has 1 amide bonds. The molecule has 0 spiro atoms. The van der Waals surface area contributed by atoms with Crippen LogP contribution in [0.2, 0.25) is 0 Å². The van der Waals surface area contributed by atoms with Gasteiger partial charge in [0.05, 0.1) is 16.9 Å². The van der Waals surface area contributed by atoms with Crippen LogP contribution in [0.15, 0.2) is 95.6 Å². The number of anilines is 3. The zero-order valence-corrected chi connectivity index (χ0v) is 24.4. The lowest BCUT2D eigenvalue weighted by Crippen LogP contribution is -2.30. The van der Waals surface area contributed by atoms with Crippen molar-refractivity contribution in [2.75, 3.05) is 16.3 Å². The second-order valence-corrected chi connectivity index (χ2v) is 11.0. The Morgan fingerprint density at radius 3 is 2.12 bits per heavy atom. The third-order valence-corrected chi connectivity index (χ3v) is 7.30. The summed E-state index contributed by atoms with van der Waals surface area (Å²) in [4.78, 5) is 17.3. The first-order chi connectivity index (χ1) is 19.7. The van der Waals surface area contributed by atoms with Crippen molar-refractivity contribution < 1.29 is 20.1 Å². The normalized spacial score (nSPS) is 13.5. The van der Waals surface area contributed by atoms with Gasteiger partial charge in [0.2, 0.25) is 0 Å². The minimum Gasteiger partial charge on any atom is -0.508 e. The molecule has 0 radical (unpaired) electrons. The molecule has 1 heterocycles. The number of rotatable bonds is 10. The van der Waals surface area contributed by atoms with E-state index < -0.39 is 0 Å². The smallest absolute Gasteiger partial charge is 0.260 e. The summed E-state index contributed by atoms with van der Waals surface area (Å²) >= 11 is 0. The lowest BCUT2D eigenvalue weighted by molar-refractivity contribution is 0.0990. The lowest BCUT2D eigenvalue weighted by Gasteiger charge is -2.28. The molecule has 3 N–H and O–H groups in total. The van der Waals surface area contributed by atoms with E-state index in [4.69, 9.17) is 0 Å². The molecule has 41 heavy (non-hydrogen) atoms. The Morgan fingerprint density at radius 1 is 0.732 bits per heavy atom. The molecule has 0 saturated carbocycles. The van der Waals surface area contributed by atoms with E-state index in [-0.39, 0.29) is 29.7 Å². The maximum atomic E-state index is 14.0. The van der Waals surface area contributed by atoms with Gasteiger partial charge >= 0.3 is 0 Å². The number of allylic oxidation sites excluding steroid dienone is 5. The molecule has 3 aromatic rings. The van der Waals surface area contributed by atoms with Crippen molar-refractivity contribution in [1.29, 1.82) is 0 Å². The van der Waals surface area contributed by atoms with Crippen molar-refractivity contribution in [2.45, 2.75) is 59.9 Å². The first-order valence-corrected chi connectivity index (χ1v) is 14.1. The second-order valence-electron chi connectivity index (χ2n) is 11.0. The first-order valence-electron chi connectivity index (χ1n) is 14.1. The summed E-state index contributed by atoms with van der Waals surface area (Å²) in [6.45, 7) is 9.00. The molecule has 3 aromatic carbocycles. The molecule has 0 bridgehead atoms. The molecule has 6 nitrogen and oxygen atoms in total. The molecule has 4 rings (SSSR count). The highest BCUT2D eigenvalue weighted by atomic mass is 16.3. The molecule has 0 fully saturated rings. The number of carbonyl (C=O) groups is 1. The van der Waals surface area contributed by atoms with Crippen LogP contribution in [0.25, 0.3) is 0 Å². The average molecular weight is 553 g/mol. The number of hydrogen-bond acceptors (Lipinski definition) is 5. The molecular weight excluding hydrogens is 512 g/mol. The molecule has 6 heteroatoms. The van der Waals surface area contributed by atoms with Crippen LogP contribution in [-0.2, 0) is 6.54 Å². The van der Waals surface area contributed by atoms with E-state index in [2.05, 4.69) is 39.8 Å². The fourth-order valence-electron chi connectivity index (χ4n) is 5.12. The standard InChI is InChI=1S/C35H40N2O4/c1-24(2)11-8-12-25(3)13-9-14-26(4)19-20-36-30-21-28(38)22-32(40)34(30)37(23-27-15-6-5-7-16-27)33-29(35(36)41)17-10-18-31(33)39/h5-7,10-11,13,15-19,21-22,38-40H,8-9,12,14,20,23H2,1-4H3/b25-13+,26-19+. The van der Waals surface area contributed by atoms with Crippen molar-refractivity contribution in [3.8, 4) is 17.2 Å². The average Bonchev–Trinajstić information content (AvgIpc) is 3.01. The Morgan fingerprint density at radius 2 is 1.41 bits per heavy atom. The van der Waals surface area contributed by atoms with Crippen molar-refractivity contribution in [3.63, 3.8) is 0 Å². The van der Waals surface area contributed by atoms with Crippen LogP contribution in [0.1, 0.15) is 69.3 Å². The van der Waals surface area contributed by atoms with E-state index >= 15 is 0 Å². The molecule has 214 valence electrons. The molecule has 0 saturated heterocycles. The van der Waals surface area contributed by atoms with Gasteiger partial charge in [-0.05, 0) is 71.1 Å². The maximum absolute atomic E-state index is 14.0. The highest BCUT2D eigenvalue weighted by Gasteiger charge is 2.34. The predicted octanol–water partition coefficient (Wildman–Crippen LogP) is 8.52. The van der Waals surface area contributed by atoms with Gasteiger partial charge in [-0.1, -0.05) is 71.3 Å². The molecular formula is C35H40N2O4. The summed E-state index contributed by atoms with van der Waals surface area (Å²) in [5.74, 6) is -0.718. The van der Waals surface area contributed by atoms with E-state index in [1.165, 1.54) is 29.3 Å². The van der Waals surface area contributed by atoms with Crippen LogP contribution < -0.4 is 9.80 Å². The highest BCUT2D eigenvalue weighted by molar-refractivity contribution is 6.15. The van der Waals surface area contributed by atoms with Gasteiger partial charge in [-0.25, -0.2) is 0 Å². The Balaban J connectivity index is 1.67. The fourth-order valence-corrected chi connectivity index (χ4v) is 5.12. The van der Waals surface area contributed by atoms with Crippen molar-refractivity contribution in [1.82, 2.24) is 0 Å². The van der Waals surface area contributed by atoms with Gasteiger partial charge in [0.15, 0.2) is 0 Å². The Labute approximate surface area is 243 Å². The summed E-state index contributed by atoms with van der Waals surface area (Å²) < 4.78 is 0. The number of aromatic hydroxyl groups is 3. The first kappa shape index (κ1) is 29.5. The third kappa shape index (κ3) is 7.20. The number of fused-ring (bicyclic) bond motifs is 2. The fraction of sp³-hybridized carbons (Fsp3) is 0.286. The second kappa shape index (κ2) is 13.3. The number of phenols is 3. The lowest BCUT2D eigenvalue weighted by atomic mass is 10.1. The quantitative estimate of drug-likeness (QED) is 0.220. The Hall–Kier alpha value is -4.45. The van der Waals surface area contributed by atoms with Crippen LogP contribution in [0.4, 0.5) is 17.1 Å². The van der Waals surface area contributed by atoms with E-state index in [0.29, 0.717) is 29.2 Å². The summed E-state index contributed by atoms with van der Waals surface area (Å²) in [6, 6.07) is 17.3. The third-order valence-electron chi connectivity index (χ3n) is 7.30. The SMILES string of the molecule is CC(C)=CCC/C(C)=C/CC/C(C)=C/CN1C(=O)c2cccc(O)c2N(Cc2ccccc2)c2c(O)cc(O)cc21. The number of benzene rings is 3. The number of para-hydroxylation sites is 1. The number of amides is 1. The van der Waals surface area contributed by atoms with Crippen molar-refractivity contribution in [3.05, 3.63) is 107 Å². The topological polar surface area (TPSA) is 84.2 Å². The van der Waals surface area contributed by atoms with Crippen LogP contribution in [-0.4, -0.2) is 27.8 Å². The Kier molecular flexibility index (Phi) is 9.56. The minimum atomic E-state index is -0.322. The molecule has 1 aliphatic heterocycles. The van der Waals surface area contributed by atoms with Crippen LogP contribution >= 0.6 is 0 Å². The summed E-state index contributed by atoms with van der Waals surface area (Å²) in [5.41, 5.74) is 6.13. The highest BCUT2D eigenvalue weighted by Crippen LogP contribution is 2.50. The minimum absolute atomic E-state index is 0.0643. The zero-order chi connectivity index (χ0) is 29.5. The van der Waals surface area contributed by atoms with Crippen LogP contribution in [0, 0.1) is 0 Å². The number of hydrogen-bond donors (Lipinski definition) is 3. The number of phenolic OH excluding ortho intramolecular Hbond substituents is 3. The summed E-state index contributed by atoms with van der Waals surface area (Å²) in [7, 11) is 0. The van der Waals surface area contributed by atoms with Crippen LogP contribution in [0.5, 0.6) is 17.2 Å². The van der Waals surface area contributed by atoms with Crippen LogP contribution in [0.3, 0.4) is 0 Å². The predicted molar refractivity (Wildman–Crippen MR) is 167 cm³/mol. The molecule has 0 atom stereocenters. The van der Waals surface area contributed by atoms with Gasteiger partial charge in [0, 0.05) is 25.2 Å². The van der Waals surface area contributed by atoms with E-state index in [0.717, 1.165) is 36.8 Å². The zero-order valence-electron chi connectivity index (χ0n) is 24.4. The maximum Gasteiger partial charge on any atom is 0.260 e. The van der Waals surface area contributed by atoms with Crippen molar-refractivity contribution >= 4 is 23.0 Å². The number of carbonyl (C=O) groups excluding carboxylic acids is 1. The Bertz CT molecular complexity index is 1480. The molecule has 1 aliphatic rings. The van der Waals surface area contributed by atoms with Gasteiger partial charge in [0.25, 0.3) is 5.91 Å². The van der Waals surface area contributed by atoms with Gasteiger partial charge in [0.1, 0.15) is 22.9 Å². The van der Waals surface area contributed by atoms with Gasteiger partial charge in [-0.2, -0.15) is 0 Å². The molecule has 0 aromatic heterocycles. The summed E-state index contributed by atoms with van der Waals surface area (Å²) in [5, 5.41) is 32.6. The van der Waals surface area contributed by atoms with E-state index in [9.17, 15) is 20.1 Å². The van der Waals surface area contributed by atoms with Gasteiger partial charge in [-0.15, -0.1) is 0 Å². The monoisotopic (exact) mass is 552 g/mol. The van der Waals surface area contributed by atoms with E-state index in [1.54, 1.807) is 21.9 Å². The van der Waals surface area contributed by atoms with Gasteiger partial charge in [-0.3, -0.25) is 4.79 Å². The molecule has 0 aliphatic carbocycles.